The van der Waals surface area contributed by atoms with E-state index in [2.05, 4.69) is 10.3 Å². The predicted octanol–water partition coefficient (Wildman–Crippen LogP) is 0.505. The Kier molecular flexibility index (Phi) is 2.06. The van der Waals surface area contributed by atoms with E-state index < -0.39 is 0 Å². The Bertz CT molecular complexity index is 353. The molecule has 0 amide bonds. The van der Waals surface area contributed by atoms with E-state index >= 15 is 0 Å². The van der Waals surface area contributed by atoms with Crippen LogP contribution in [-0.4, -0.2) is 16.6 Å². The molecule has 2 heterocycles. The van der Waals surface area contributed by atoms with Crippen LogP contribution in [0.3, 0.4) is 0 Å². The molecule has 0 radical (unpaired) electrons. The Morgan fingerprint density at radius 2 is 2.31 bits per heavy atom. The molecule has 13 heavy (non-hydrogen) atoms. The second kappa shape index (κ2) is 3.22. The lowest BCUT2D eigenvalue weighted by atomic mass is 10.1. The van der Waals surface area contributed by atoms with Crippen molar-refractivity contribution in [3.05, 3.63) is 28.0 Å². The summed E-state index contributed by atoms with van der Waals surface area (Å²) in [6, 6.07) is 3.36. The van der Waals surface area contributed by atoms with Gasteiger partial charge in [0.25, 0.3) is 5.56 Å². The van der Waals surface area contributed by atoms with E-state index in [-0.39, 0.29) is 17.5 Å². The fraction of sp³-hybridized carbons (Fsp3) is 0.444. The van der Waals surface area contributed by atoms with Crippen LogP contribution >= 0.6 is 0 Å². The molecular weight excluding hydrogens is 168 g/mol. The molecule has 0 aliphatic carbocycles. The molecule has 1 atom stereocenters. The number of rotatable bonds is 1. The van der Waals surface area contributed by atoms with Gasteiger partial charge < -0.3 is 10.4 Å². The second-order valence-corrected chi connectivity index (χ2v) is 3.31. The minimum Gasteiger partial charge on any atom is -0.495 e. The second-order valence-electron chi connectivity index (χ2n) is 3.31. The number of aromatic amines is 1. The van der Waals surface area contributed by atoms with E-state index in [1.165, 1.54) is 6.07 Å². The minimum atomic E-state index is -0.247. The summed E-state index contributed by atoms with van der Waals surface area (Å²) in [6.07, 6.45) is 2.15. The fourth-order valence-electron chi connectivity index (χ4n) is 1.72. The lowest BCUT2D eigenvalue weighted by Crippen LogP contribution is -2.15. The molecule has 1 saturated heterocycles. The van der Waals surface area contributed by atoms with Gasteiger partial charge in [-0.15, -0.1) is 0 Å². The molecule has 1 aromatic rings. The van der Waals surface area contributed by atoms with Crippen LogP contribution < -0.4 is 10.9 Å². The summed E-state index contributed by atoms with van der Waals surface area (Å²) in [6.45, 7) is 0.984. The van der Waals surface area contributed by atoms with Crippen molar-refractivity contribution >= 4 is 0 Å². The molecule has 1 aliphatic heterocycles. The maximum Gasteiger partial charge on any atom is 0.250 e. The highest BCUT2D eigenvalue weighted by Gasteiger charge is 2.16. The van der Waals surface area contributed by atoms with Crippen molar-refractivity contribution in [3.8, 4) is 5.88 Å². The Balaban J connectivity index is 2.33. The Morgan fingerprint density at radius 1 is 1.46 bits per heavy atom. The van der Waals surface area contributed by atoms with Gasteiger partial charge in [0.1, 0.15) is 0 Å². The molecule has 0 bridgehead atoms. The zero-order chi connectivity index (χ0) is 9.26. The van der Waals surface area contributed by atoms with Gasteiger partial charge in [0.05, 0.1) is 0 Å². The van der Waals surface area contributed by atoms with E-state index in [0.717, 1.165) is 24.9 Å². The summed E-state index contributed by atoms with van der Waals surface area (Å²) < 4.78 is 0. The largest absolute Gasteiger partial charge is 0.495 e. The third-order valence-corrected chi connectivity index (χ3v) is 2.32. The molecule has 1 aliphatic rings. The van der Waals surface area contributed by atoms with E-state index in [4.69, 9.17) is 0 Å². The first-order valence-electron chi connectivity index (χ1n) is 4.42. The Hall–Kier alpha value is -1.29. The van der Waals surface area contributed by atoms with Gasteiger partial charge in [0.2, 0.25) is 0 Å². The van der Waals surface area contributed by atoms with Crippen LogP contribution in [0, 0.1) is 0 Å². The number of pyridine rings is 1. The summed E-state index contributed by atoms with van der Waals surface area (Å²) in [5.74, 6) is -0.0591. The van der Waals surface area contributed by atoms with Crippen molar-refractivity contribution in [2.75, 3.05) is 6.54 Å². The van der Waals surface area contributed by atoms with E-state index in [0.29, 0.717) is 0 Å². The van der Waals surface area contributed by atoms with Gasteiger partial charge in [-0.05, 0) is 24.9 Å². The van der Waals surface area contributed by atoms with Gasteiger partial charge in [-0.3, -0.25) is 9.78 Å². The van der Waals surface area contributed by atoms with Crippen molar-refractivity contribution in [2.24, 2.45) is 0 Å². The highest BCUT2D eigenvalue weighted by molar-refractivity contribution is 5.23. The first kappa shape index (κ1) is 8.31. The van der Waals surface area contributed by atoms with Gasteiger partial charge in [-0.1, -0.05) is 0 Å². The molecule has 4 nitrogen and oxygen atoms in total. The van der Waals surface area contributed by atoms with Crippen LogP contribution in [0.2, 0.25) is 0 Å². The zero-order valence-corrected chi connectivity index (χ0v) is 7.21. The van der Waals surface area contributed by atoms with E-state index in [1.807, 2.05) is 0 Å². The zero-order valence-electron chi connectivity index (χ0n) is 7.21. The maximum atomic E-state index is 11.0. The first-order chi connectivity index (χ1) is 6.25. The summed E-state index contributed by atoms with van der Waals surface area (Å²) in [4.78, 5) is 13.3. The number of H-pyrrole nitrogens is 1. The molecule has 4 heteroatoms. The molecular formula is C9H12N2O2. The number of nitrogens with one attached hydrogen (secondary N) is 2. The fourth-order valence-corrected chi connectivity index (χ4v) is 1.72. The third-order valence-electron chi connectivity index (χ3n) is 2.32. The van der Waals surface area contributed by atoms with Crippen LogP contribution in [0.1, 0.15) is 24.4 Å². The summed E-state index contributed by atoms with van der Waals surface area (Å²) in [5, 5.41) is 12.4. The van der Waals surface area contributed by atoms with Crippen molar-refractivity contribution in [1.29, 1.82) is 0 Å². The molecule has 3 N–H and O–H groups in total. The number of aromatic nitrogens is 1. The van der Waals surface area contributed by atoms with Gasteiger partial charge >= 0.3 is 0 Å². The molecule has 0 saturated carbocycles. The molecule has 0 spiro atoms. The summed E-state index contributed by atoms with van der Waals surface area (Å²) in [7, 11) is 0. The number of aromatic hydroxyl groups is 1. The summed E-state index contributed by atoms with van der Waals surface area (Å²) >= 11 is 0. The van der Waals surface area contributed by atoms with Crippen molar-refractivity contribution in [3.63, 3.8) is 0 Å². The summed E-state index contributed by atoms with van der Waals surface area (Å²) in [5.41, 5.74) is 0.627. The highest BCUT2D eigenvalue weighted by Crippen LogP contribution is 2.22. The predicted molar refractivity (Wildman–Crippen MR) is 48.7 cm³/mol. The van der Waals surface area contributed by atoms with Crippen LogP contribution in [0.5, 0.6) is 5.88 Å². The quantitative estimate of drug-likeness (QED) is 0.589. The van der Waals surface area contributed by atoms with Crippen LogP contribution in [0.4, 0.5) is 0 Å². The smallest absolute Gasteiger partial charge is 0.250 e. The van der Waals surface area contributed by atoms with Gasteiger partial charge in [-0.25, -0.2) is 0 Å². The maximum absolute atomic E-state index is 11.0. The molecule has 0 unspecified atom stereocenters. The normalized spacial score (nSPS) is 22.0. The van der Waals surface area contributed by atoms with E-state index in [1.54, 1.807) is 6.07 Å². The van der Waals surface area contributed by atoms with Crippen molar-refractivity contribution in [1.82, 2.24) is 10.3 Å². The number of hydrogen-bond acceptors (Lipinski definition) is 3. The van der Waals surface area contributed by atoms with Crippen molar-refractivity contribution < 1.29 is 5.11 Å². The molecule has 0 aromatic carbocycles. The molecule has 2 rings (SSSR count). The first-order valence-corrected chi connectivity index (χ1v) is 4.42. The monoisotopic (exact) mass is 180 g/mol. The van der Waals surface area contributed by atoms with E-state index in [9.17, 15) is 9.90 Å². The van der Waals surface area contributed by atoms with Crippen LogP contribution in [-0.2, 0) is 0 Å². The molecule has 1 aromatic heterocycles. The number of hydrogen-bond donors (Lipinski definition) is 3. The van der Waals surface area contributed by atoms with Gasteiger partial charge in [0.15, 0.2) is 5.88 Å². The van der Waals surface area contributed by atoms with Crippen LogP contribution in [0.25, 0.3) is 0 Å². The lowest BCUT2D eigenvalue weighted by molar-refractivity contribution is 0.449. The minimum absolute atomic E-state index is 0.0591. The average Bonchev–Trinajstić information content (AvgIpc) is 2.53. The average molecular weight is 180 g/mol. The highest BCUT2D eigenvalue weighted by atomic mass is 16.3. The van der Waals surface area contributed by atoms with Gasteiger partial charge in [-0.2, -0.15) is 0 Å². The molecule has 1 fully saturated rings. The lowest BCUT2D eigenvalue weighted by Gasteiger charge is -2.09. The van der Waals surface area contributed by atoms with Gasteiger partial charge in [0, 0.05) is 18.2 Å². The SMILES string of the molecule is O=c1cc([C@@H]2CCCN2)cc(O)[nH]1. The standard InChI is InChI=1S/C9H12N2O2/c12-8-4-6(5-9(13)11-8)7-2-1-3-10-7/h4-5,7,10H,1-3H2,(H2,11,12,13)/t7-/m0/s1. The van der Waals surface area contributed by atoms with Crippen LogP contribution in [0.15, 0.2) is 16.9 Å². The molecule has 70 valence electrons. The van der Waals surface area contributed by atoms with Crippen molar-refractivity contribution in [2.45, 2.75) is 18.9 Å². The Morgan fingerprint density at radius 3 is 2.92 bits per heavy atom. The topological polar surface area (TPSA) is 65.1 Å². The Labute approximate surface area is 75.6 Å². The third kappa shape index (κ3) is 1.72.